The Hall–Kier alpha value is -2.63. The molecule has 2 amide bonds. The van der Waals surface area contributed by atoms with Crippen LogP contribution in [-0.4, -0.2) is 22.0 Å². The zero-order chi connectivity index (χ0) is 14.5. The van der Waals surface area contributed by atoms with Gasteiger partial charge in [-0.05, 0) is 24.6 Å². The summed E-state index contributed by atoms with van der Waals surface area (Å²) in [5.41, 5.74) is 2.47. The number of aromatic amines is 1. The molecule has 3 N–H and O–H groups in total. The number of hydrogen-bond donors (Lipinski definition) is 3. The highest BCUT2D eigenvalue weighted by Crippen LogP contribution is 2.12. The summed E-state index contributed by atoms with van der Waals surface area (Å²) in [6, 6.07) is 7.16. The van der Waals surface area contributed by atoms with E-state index in [2.05, 4.69) is 20.8 Å². The minimum atomic E-state index is -0.121. The van der Waals surface area contributed by atoms with E-state index >= 15 is 0 Å². The fourth-order valence-electron chi connectivity index (χ4n) is 1.75. The molecule has 0 bridgehead atoms. The molecule has 0 spiro atoms. The fourth-order valence-corrected chi connectivity index (χ4v) is 1.75. The van der Waals surface area contributed by atoms with Crippen molar-refractivity contribution in [1.29, 1.82) is 0 Å². The molecule has 0 aliphatic carbocycles. The van der Waals surface area contributed by atoms with Gasteiger partial charge in [-0.3, -0.25) is 14.7 Å². The zero-order valence-electron chi connectivity index (χ0n) is 11.4. The highest BCUT2D eigenvalue weighted by Gasteiger charge is 2.07. The van der Waals surface area contributed by atoms with Crippen molar-refractivity contribution >= 4 is 23.3 Å². The van der Waals surface area contributed by atoms with Gasteiger partial charge in [-0.15, -0.1) is 0 Å². The largest absolute Gasteiger partial charge is 0.326 e. The van der Waals surface area contributed by atoms with Gasteiger partial charge in [-0.2, -0.15) is 5.10 Å². The van der Waals surface area contributed by atoms with Crippen LogP contribution in [-0.2, 0) is 16.0 Å². The molecule has 0 radical (unpaired) electrons. The van der Waals surface area contributed by atoms with Crippen LogP contribution in [0.3, 0.4) is 0 Å². The Morgan fingerprint density at radius 2 is 1.90 bits per heavy atom. The molecule has 0 aliphatic rings. The van der Waals surface area contributed by atoms with Crippen molar-refractivity contribution in [3.05, 3.63) is 41.6 Å². The molecule has 20 heavy (non-hydrogen) atoms. The number of aromatic nitrogens is 2. The van der Waals surface area contributed by atoms with E-state index in [1.807, 2.05) is 19.1 Å². The molecule has 2 rings (SSSR count). The highest BCUT2D eigenvalue weighted by molar-refractivity contribution is 5.92. The molecule has 0 atom stereocenters. The van der Waals surface area contributed by atoms with Crippen molar-refractivity contribution in [3.8, 4) is 0 Å². The number of amides is 2. The summed E-state index contributed by atoms with van der Waals surface area (Å²) in [5, 5.41) is 12.0. The second-order valence-corrected chi connectivity index (χ2v) is 4.53. The van der Waals surface area contributed by atoms with Crippen molar-refractivity contribution in [2.75, 3.05) is 10.6 Å². The first kappa shape index (κ1) is 13.8. The smallest absolute Gasteiger partial charge is 0.229 e. The van der Waals surface area contributed by atoms with E-state index in [1.165, 1.54) is 6.92 Å². The van der Waals surface area contributed by atoms with Gasteiger partial charge in [0.1, 0.15) is 5.82 Å². The van der Waals surface area contributed by atoms with Gasteiger partial charge >= 0.3 is 0 Å². The fraction of sp³-hybridized carbons (Fsp3) is 0.214. The molecule has 1 aromatic heterocycles. The maximum atomic E-state index is 11.9. The number of H-pyrrole nitrogens is 1. The normalized spacial score (nSPS) is 10.1. The first-order chi connectivity index (χ1) is 9.54. The maximum absolute atomic E-state index is 11.9. The van der Waals surface area contributed by atoms with Gasteiger partial charge < -0.3 is 10.6 Å². The molecule has 1 aromatic carbocycles. The van der Waals surface area contributed by atoms with E-state index in [1.54, 1.807) is 18.3 Å². The number of nitrogens with one attached hydrogen (secondary N) is 3. The Morgan fingerprint density at radius 1 is 1.20 bits per heavy atom. The molecule has 0 unspecified atom stereocenters. The van der Waals surface area contributed by atoms with Crippen LogP contribution in [0.1, 0.15) is 18.1 Å². The lowest BCUT2D eigenvalue weighted by atomic mass is 10.1. The van der Waals surface area contributed by atoms with Crippen molar-refractivity contribution in [2.45, 2.75) is 20.3 Å². The molecule has 1 heterocycles. The Morgan fingerprint density at radius 3 is 2.45 bits per heavy atom. The summed E-state index contributed by atoms with van der Waals surface area (Å²) in [7, 11) is 0. The number of benzene rings is 1. The van der Waals surface area contributed by atoms with Crippen LogP contribution in [0.4, 0.5) is 11.5 Å². The molecule has 0 saturated heterocycles. The minimum Gasteiger partial charge on any atom is -0.326 e. The van der Waals surface area contributed by atoms with E-state index in [-0.39, 0.29) is 18.2 Å². The SMILES string of the molecule is CC(=O)Nc1ccc(CC(=O)Nc2[nH]ncc2C)cc1. The number of aryl methyl sites for hydroxylation is 1. The van der Waals surface area contributed by atoms with Crippen LogP contribution in [0.15, 0.2) is 30.5 Å². The lowest BCUT2D eigenvalue weighted by molar-refractivity contribution is -0.116. The average Bonchev–Trinajstić information content (AvgIpc) is 2.77. The van der Waals surface area contributed by atoms with Crippen LogP contribution >= 0.6 is 0 Å². The molecule has 104 valence electrons. The van der Waals surface area contributed by atoms with Gasteiger partial charge in [0.25, 0.3) is 0 Å². The molecule has 6 nitrogen and oxygen atoms in total. The molecule has 6 heteroatoms. The van der Waals surface area contributed by atoms with Crippen LogP contribution in [0.2, 0.25) is 0 Å². The van der Waals surface area contributed by atoms with E-state index in [4.69, 9.17) is 0 Å². The monoisotopic (exact) mass is 272 g/mol. The molecular weight excluding hydrogens is 256 g/mol. The topological polar surface area (TPSA) is 86.9 Å². The summed E-state index contributed by atoms with van der Waals surface area (Å²) < 4.78 is 0. The highest BCUT2D eigenvalue weighted by atomic mass is 16.2. The van der Waals surface area contributed by atoms with E-state index in [0.717, 1.165) is 11.1 Å². The maximum Gasteiger partial charge on any atom is 0.229 e. The molecule has 0 saturated carbocycles. The summed E-state index contributed by atoms with van der Waals surface area (Å²) in [5.74, 6) is 0.375. The second kappa shape index (κ2) is 6.01. The van der Waals surface area contributed by atoms with Gasteiger partial charge in [0.05, 0.1) is 12.6 Å². The molecule has 0 aliphatic heterocycles. The third-order valence-electron chi connectivity index (χ3n) is 2.73. The lowest BCUT2D eigenvalue weighted by Gasteiger charge is -2.06. The number of rotatable bonds is 4. The molecule has 0 fully saturated rings. The first-order valence-electron chi connectivity index (χ1n) is 6.21. The number of carbonyl (C=O) groups excluding carboxylic acids is 2. The molecular formula is C14H16N4O2. The zero-order valence-corrected chi connectivity index (χ0v) is 11.4. The summed E-state index contributed by atoms with van der Waals surface area (Å²) >= 11 is 0. The van der Waals surface area contributed by atoms with Gasteiger partial charge in [0.2, 0.25) is 11.8 Å². The number of hydrogen-bond acceptors (Lipinski definition) is 3. The Kier molecular flexibility index (Phi) is 4.14. The van der Waals surface area contributed by atoms with Gasteiger partial charge in [0.15, 0.2) is 0 Å². The predicted octanol–water partition coefficient (Wildman–Crippen LogP) is 1.86. The van der Waals surface area contributed by atoms with Crippen molar-refractivity contribution in [3.63, 3.8) is 0 Å². The molecule has 2 aromatic rings. The Balaban J connectivity index is 1.94. The first-order valence-corrected chi connectivity index (χ1v) is 6.21. The summed E-state index contributed by atoms with van der Waals surface area (Å²) in [6.07, 6.45) is 1.91. The number of nitrogens with zero attached hydrogens (tertiary/aromatic N) is 1. The Labute approximate surface area is 116 Å². The van der Waals surface area contributed by atoms with Crippen molar-refractivity contribution in [1.82, 2.24) is 10.2 Å². The van der Waals surface area contributed by atoms with Gasteiger partial charge in [0, 0.05) is 18.2 Å². The van der Waals surface area contributed by atoms with Crippen molar-refractivity contribution in [2.24, 2.45) is 0 Å². The van der Waals surface area contributed by atoms with Gasteiger partial charge in [-0.1, -0.05) is 12.1 Å². The standard InChI is InChI=1S/C14H16N4O2/c1-9-8-15-18-14(9)17-13(20)7-11-3-5-12(6-4-11)16-10(2)19/h3-6,8H,7H2,1-2H3,(H,16,19)(H2,15,17,18,20). The van der Waals surface area contributed by atoms with E-state index < -0.39 is 0 Å². The third kappa shape index (κ3) is 3.68. The number of carbonyl (C=O) groups is 2. The predicted molar refractivity (Wildman–Crippen MR) is 76.4 cm³/mol. The third-order valence-corrected chi connectivity index (χ3v) is 2.73. The van der Waals surface area contributed by atoms with Crippen LogP contribution in [0, 0.1) is 6.92 Å². The Bertz CT molecular complexity index is 616. The minimum absolute atomic E-state index is 0.120. The van der Waals surface area contributed by atoms with E-state index in [9.17, 15) is 9.59 Å². The van der Waals surface area contributed by atoms with Crippen LogP contribution in [0.5, 0.6) is 0 Å². The van der Waals surface area contributed by atoms with E-state index in [0.29, 0.717) is 11.5 Å². The lowest BCUT2D eigenvalue weighted by Crippen LogP contribution is -2.15. The van der Waals surface area contributed by atoms with Gasteiger partial charge in [-0.25, -0.2) is 0 Å². The van der Waals surface area contributed by atoms with Crippen molar-refractivity contribution < 1.29 is 9.59 Å². The van der Waals surface area contributed by atoms with Crippen LogP contribution in [0.25, 0.3) is 0 Å². The number of anilines is 2. The van der Waals surface area contributed by atoms with Crippen LogP contribution < -0.4 is 10.6 Å². The second-order valence-electron chi connectivity index (χ2n) is 4.53. The summed E-state index contributed by atoms with van der Waals surface area (Å²) in [4.78, 5) is 22.8. The summed E-state index contributed by atoms with van der Waals surface area (Å²) in [6.45, 7) is 3.31. The quantitative estimate of drug-likeness (QED) is 0.794. The average molecular weight is 272 g/mol.